The lowest BCUT2D eigenvalue weighted by atomic mass is 9.97. The van der Waals surface area contributed by atoms with Crippen molar-refractivity contribution >= 4 is 11.9 Å². The van der Waals surface area contributed by atoms with E-state index in [1.807, 2.05) is 0 Å². The van der Waals surface area contributed by atoms with E-state index in [-0.39, 0.29) is 6.61 Å². The molecule has 2 heterocycles. The normalized spacial score (nSPS) is 24.9. The van der Waals surface area contributed by atoms with Crippen LogP contribution in [0.15, 0.2) is 21.9 Å². The molecule has 0 spiro atoms. The van der Waals surface area contributed by atoms with Crippen molar-refractivity contribution in [1.29, 1.82) is 0 Å². The van der Waals surface area contributed by atoms with E-state index in [1.54, 1.807) is 41.5 Å². The standard InChI is InChI=1S/C19H28N2O8/c1-18(2,3)15(24)27-9-10-13(29-16(25)19(4,5)6)12(23)14(28-10)21-8-7-11(22)20-17(21)26/h7-8,10,12-14,23H,9H2,1-6H3,(H,20,22,26)/t10-,12-,13-,14-/m1/s1. The Morgan fingerprint density at radius 2 is 1.72 bits per heavy atom. The van der Waals surface area contributed by atoms with E-state index >= 15 is 0 Å². The Morgan fingerprint density at radius 3 is 2.24 bits per heavy atom. The minimum absolute atomic E-state index is 0.288. The fourth-order valence-corrected chi connectivity index (χ4v) is 2.53. The third-order valence-corrected chi connectivity index (χ3v) is 4.28. The number of aliphatic hydroxyl groups excluding tert-OH is 1. The average molecular weight is 412 g/mol. The van der Waals surface area contributed by atoms with Crippen LogP contribution in [0.4, 0.5) is 0 Å². The zero-order valence-corrected chi connectivity index (χ0v) is 17.4. The molecule has 1 aliphatic rings. The summed E-state index contributed by atoms with van der Waals surface area (Å²) in [5.74, 6) is -1.09. The topological polar surface area (TPSA) is 137 Å². The van der Waals surface area contributed by atoms with E-state index in [4.69, 9.17) is 14.2 Å². The van der Waals surface area contributed by atoms with E-state index < -0.39 is 58.6 Å². The van der Waals surface area contributed by atoms with Crippen molar-refractivity contribution in [2.24, 2.45) is 10.8 Å². The lowest BCUT2D eigenvalue weighted by Crippen LogP contribution is -2.42. The molecule has 10 heteroatoms. The molecule has 162 valence electrons. The molecule has 0 unspecified atom stereocenters. The molecule has 0 aliphatic carbocycles. The second kappa shape index (κ2) is 8.11. The van der Waals surface area contributed by atoms with Crippen molar-refractivity contribution in [3.8, 4) is 0 Å². The molecule has 2 N–H and O–H groups in total. The molecule has 1 aliphatic heterocycles. The summed E-state index contributed by atoms with van der Waals surface area (Å²) in [5, 5.41) is 10.7. The highest BCUT2D eigenvalue weighted by Gasteiger charge is 2.49. The number of esters is 2. The maximum absolute atomic E-state index is 12.4. The predicted octanol–water partition coefficient (Wildman–Crippen LogP) is 0.342. The number of hydrogen-bond donors (Lipinski definition) is 2. The van der Waals surface area contributed by atoms with Gasteiger partial charge in [-0.25, -0.2) is 4.79 Å². The molecule has 0 aromatic carbocycles. The van der Waals surface area contributed by atoms with Crippen LogP contribution in [0.25, 0.3) is 0 Å². The molecule has 2 rings (SSSR count). The molecule has 1 saturated heterocycles. The number of H-pyrrole nitrogens is 1. The maximum Gasteiger partial charge on any atom is 0.330 e. The van der Waals surface area contributed by atoms with Gasteiger partial charge < -0.3 is 19.3 Å². The first-order valence-electron chi connectivity index (χ1n) is 9.25. The highest BCUT2D eigenvalue weighted by Crippen LogP contribution is 2.32. The molecule has 0 amide bonds. The van der Waals surface area contributed by atoms with Crippen LogP contribution >= 0.6 is 0 Å². The first-order chi connectivity index (χ1) is 13.2. The van der Waals surface area contributed by atoms with Crippen LogP contribution in [-0.4, -0.2) is 51.5 Å². The molecular weight excluding hydrogens is 384 g/mol. The fourth-order valence-electron chi connectivity index (χ4n) is 2.53. The summed E-state index contributed by atoms with van der Waals surface area (Å²) in [6, 6.07) is 1.10. The second-order valence-corrected chi connectivity index (χ2v) is 9.04. The lowest BCUT2D eigenvalue weighted by Gasteiger charge is -2.25. The Hall–Kier alpha value is -2.46. The van der Waals surface area contributed by atoms with E-state index in [9.17, 15) is 24.3 Å². The second-order valence-electron chi connectivity index (χ2n) is 9.04. The number of aromatic nitrogens is 2. The Morgan fingerprint density at radius 1 is 1.14 bits per heavy atom. The van der Waals surface area contributed by atoms with Crippen LogP contribution in [0.5, 0.6) is 0 Å². The van der Waals surface area contributed by atoms with Gasteiger partial charge >= 0.3 is 17.6 Å². The highest BCUT2D eigenvalue weighted by molar-refractivity contribution is 5.76. The van der Waals surface area contributed by atoms with E-state index in [0.29, 0.717) is 0 Å². The molecule has 1 fully saturated rings. The quantitative estimate of drug-likeness (QED) is 0.676. The van der Waals surface area contributed by atoms with Crippen molar-refractivity contribution in [3.63, 3.8) is 0 Å². The van der Waals surface area contributed by atoms with Crippen molar-refractivity contribution in [2.75, 3.05) is 6.61 Å². The molecule has 1 aromatic rings. The summed E-state index contributed by atoms with van der Waals surface area (Å²) < 4.78 is 17.4. The number of carbonyl (C=O) groups is 2. The summed E-state index contributed by atoms with van der Waals surface area (Å²) in [7, 11) is 0. The van der Waals surface area contributed by atoms with Gasteiger partial charge in [0.25, 0.3) is 5.56 Å². The summed E-state index contributed by atoms with van der Waals surface area (Å²) in [4.78, 5) is 49.9. The number of nitrogens with one attached hydrogen (secondary N) is 1. The summed E-state index contributed by atoms with van der Waals surface area (Å²) in [6.45, 7) is 9.70. The van der Waals surface area contributed by atoms with Crippen molar-refractivity contribution < 1.29 is 28.9 Å². The van der Waals surface area contributed by atoms with Gasteiger partial charge in [-0.15, -0.1) is 0 Å². The molecule has 1 aromatic heterocycles. The van der Waals surface area contributed by atoms with E-state index in [0.717, 1.165) is 10.6 Å². The van der Waals surface area contributed by atoms with E-state index in [2.05, 4.69) is 4.98 Å². The third kappa shape index (κ3) is 5.33. The van der Waals surface area contributed by atoms with Gasteiger partial charge in [-0.1, -0.05) is 0 Å². The van der Waals surface area contributed by atoms with E-state index in [1.165, 1.54) is 6.20 Å². The van der Waals surface area contributed by atoms with Gasteiger partial charge in [-0.2, -0.15) is 0 Å². The number of carbonyl (C=O) groups excluding carboxylic acids is 2. The zero-order valence-electron chi connectivity index (χ0n) is 17.4. The highest BCUT2D eigenvalue weighted by atomic mass is 16.6. The largest absolute Gasteiger partial charge is 0.462 e. The monoisotopic (exact) mass is 412 g/mol. The van der Waals surface area contributed by atoms with Gasteiger partial charge in [0, 0.05) is 12.3 Å². The first-order valence-corrected chi connectivity index (χ1v) is 9.25. The van der Waals surface area contributed by atoms with Crippen LogP contribution in [0.3, 0.4) is 0 Å². The predicted molar refractivity (Wildman–Crippen MR) is 101 cm³/mol. The molecule has 0 saturated carbocycles. The molecule has 0 radical (unpaired) electrons. The average Bonchev–Trinajstić information content (AvgIpc) is 2.87. The summed E-state index contributed by atoms with van der Waals surface area (Å²) >= 11 is 0. The van der Waals surface area contributed by atoms with Crippen molar-refractivity contribution in [1.82, 2.24) is 9.55 Å². The van der Waals surface area contributed by atoms with Gasteiger partial charge in [0.2, 0.25) is 0 Å². The fraction of sp³-hybridized carbons (Fsp3) is 0.684. The third-order valence-electron chi connectivity index (χ3n) is 4.28. The lowest BCUT2D eigenvalue weighted by molar-refractivity contribution is -0.169. The number of aliphatic hydroxyl groups is 1. The van der Waals surface area contributed by atoms with Crippen molar-refractivity contribution in [3.05, 3.63) is 33.1 Å². The number of aromatic amines is 1. The SMILES string of the molecule is CC(C)(C)C(=O)OC[C@H]1O[C@@H](n2ccc(=O)[nH]c2=O)[C@H](O)[C@@H]1OC(=O)C(C)(C)C. The molecule has 29 heavy (non-hydrogen) atoms. The smallest absolute Gasteiger partial charge is 0.330 e. The number of ether oxygens (including phenoxy) is 3. The minimum Gasteiger partial charge on any atom is -0.462 e. The summed E-state index contributed by atoms with van der Waals surface area (Å²) in [5.41, 5.74) is -3.01. The Kier molecular flexibility index (Phi) is 6.39. The van der Waals surface area contributed by atoms with Crippen LogP contribution < -0.4 is 11.2 Å². The summed E-state index contributed by atoms with van der Waals surface area (Å²) in [6.07, 6.45) is -3.69. The first kappa shape index (κ1) is 22.8. The molecule has 0 bridgehead atoms. The molecule has 10 nitrogen and oxygen atoms in total. The number of nitrogens with zero attached hydrogens (tertiary/aromatic N) is 1. The van der Waals surface area contributed by atoms with Gasteiger partial charge in [0.1, 0.15) is 18.8 Å². The zero-order chi connectivity index (χ0) is 22.1. The Bertz CT molecular complexity index is 874. The van der Waals surface area contributed by atoms with Gasteiger partial charge in [-0.3, -0.25) is 23.9 Å². The van der Waals surface area contributed by atoms with Gasteiger partial charge in [0.05, 0.1) is 10.8 Å². The van der Waals surface area contributed by atoms with Gasteiger partial charge in [-0.05, 0) is 41.5 Å². The van der Waals surface area contributed by atoms with Crippen LogP contribution in [-0.2, 0) is 23.8 Å². The van der Waals surface area contributed by atoms with Gasteiger partial charge in [0.15, 0.2) is 12.3 Å². The maximum atomic E-state index is 12.4. The molecular formula is C19H28N2O8. The van der Waals surface area contributed by atoms with Crippen molar-refractivity contribution in [2.45, 2.75) is 66.1 Å². The molecule has 4 atom stereocenters. The minimum atomic E-state index is -1.43. The Labute approximate surface area is 167 Å². The number of hydrogen-bond acceptors (Lipinski definition) is 8. The Balaban J connectivity index is 2.29. The van der Waals surface area contributed by atoms with Crippen LogP contribution in [0.2, 0.25) is 0 Å². The van der Waals surface area contributed by atoms with Crippen LogP contribution in [0, 0.1) is 10.8 Å². The number of rotatable bonds is 4. The van der Waals surface area contributed by atoms with Crippen LogP contribution in [0.1, 0.15) is 47.8 Å².